The second-order valence-electron chi connectivity index (χ2n) is 5.91. The monoisotopic (exact) mass is 343 g/mol. The van der Waals surface area contributed by atoms with Crippen LogP contribution in [0.5, 0.6) is 0 Å². The minimum atomic E-state index is -2.34. The molecule has 0 saturated carbocycles. The van der Waals surface area contributed by atoms with Gasteiger partial charge < -0.3 is 14.8 Å². The highest BCUT2D eigenvalue weighted by molar-refractivity contribution is 6.24. The van der Waals surface area contributed by atoms with E-state index in [1.54, 1.807) is 43.3 Å². The van der Waals surface area contributed by atoms with Crippen molar-refractivity contribution < 1.29 is 24.2 Å². The van der Waals surface area contributed by atoms with Crippen LogP contribution in [0.2, 0.25) is 0 Å². The van der Waals surface area contributed by atoms with Gasteiger partial charge in [0, 0.05) is 12.6 Å². The summed E-state index contributed by atoms with van der Waals surface area (Å²) in [6, 6.07) is 11.6. The molecule has 0 fully saturated rings. The summed E-state index contributed by atoms with van der Waals surface area (Å²) in [6.45, 7) is 3.47. The number of aliphatic carboxylic acids is 1. The largest absolute Gasteiger partial charge is 0.480 e. The maximum absolute atomic E-state index is 13.0. The lowest BCUT2D eigenvalue weighted by Crippen LogP contribution is -2.50. The number of aromatic nitrogens is 1. The van der Waals surface area contributed by atoms with Crippen molar-refractivity contribution in [2.24, 2.45) is 5.41 Å². The number of rotatable bonds is 8. The van der Waals surface area contributed by atoms with Crippen molar-refractivity contribution in [2.45, 2.75) is 32.8 Å². The summed E-state index contributed by atoms with van der Waals surface area (Å²) in [6.07, 6.45) is 1.25. The maximum atomic E-state index is 13.0. The summed E-state index contributed by atoms with van der Waals surface area (Å²) < 4.78 is 5.26. The van der Waals surface area contributed by atoms with Crippen LogP contribution >= 0.6 is 0 Å². The molecular weight excluding hydrogens is 322 g/mol. The maximum Gasteiger partial charge on any atom is 0.332 e. The van der Waals surface area contributed by atoms with Crippen molar-refractivity contribution in [3.63, 3.8) is 0 Å². The quantitative estimate of drug-likeness (QED) is 0.436. The number of hydrogen-bond donors (Lipinski definition) is 2. The lowest BCUT2D eigenvalue weighted by atomic mass is 9.76. The fourth-order valence-corrected chi connectivity index (χ4v) is 2.48. The van der Waals surface area contributed by atoms with Gasteiger partial charge in [-0.25, -0.2) is 0 Å². The molecule has 1 aromatic heterocycles. The minimum absolute atomic E-state index is 0.0550. The molecule has 0 amide bonds. The van der Waals surface area contributed by atoms with Gasteiger partial charge in [-0.3, -0.25) is 14.4 Å². The highest BCUT2D eigenvalue weighted by Gasteiger charge is 2.55. The Morgan fingerprint density at radius 3 is 2.36 bits per heavy atom. The smallest absolute Gasteiger partial charge is 0.332 e. The Labute approximate surface area is 145 Å². The molecule has 0 radical (unpaired) electrons. The molecule has 0 aliphatic heterocycles. The molecule has 6 heteroatoms. The van der Waals surface area contributed by atoms with Crippen LogP contribution < -0.4 is 0 Å². The first-order valence-electron chi connectivity index (χ1n) is 8.08. The number of carboxylic acids is 1. The van der Waals surface area contributed by atoms with Crippen LogP contribution in [0, 0.1) is 5.41 Å². The number of nitrogens with one attached hydrogen (secondary N) is 1. The number of benzene rings is 1. The van der Waals surface area contributed by atoms with Crippen molar-refractivity contribution in [1.29, 1.82) is 0 Å². The molecule has 0 saturated heterocycles. The lowest BCUT2D eigenvalue weighted by molar-refractivity contribution is -0.167. The van der Waals surface area contributed by atoms with Gasteiger partial charge in [0.15, 0.2) is 0 Å². The molecule has 6 nitrogen and oxygen atoms in total. The van der Waals surface area contributed by atoms with E-state index in [2.05, 4.69) is 4.98 Å². The summed E-state index contributed by atoms with van der Waals surface area (Å²) in [4.78, 5) is 40.6. The minimum Gasteiger partial charge on any atom is -0.480 e. The van der Waals surface area contributed by atoms with Crippen LogP contribution in [0.3, 0.4) is 0 Å². The first kappa shape index (κ1) is 18.4. The number of H-pyrrole nitrogens is 1. The van der Waals surface area contributed by atoms with Gasteiger partial charge in [-0.1, -0.05) is 37.3 Å². The number of hydrogen-bond acceptors (Lipinski definition) is 4. The van der Waals surface area contributed by atoms with Gasteiger partial charge in [-0.15, -0.1) is 0 Å². The number of Topliss-reactive ketones (excluding diaryl/α,β-unsaturated/α-hetero) is 1. The normalized spacial score (nSPS) is 14.3. The second-order valence-corrected chi connectivity index (χ2v) is 5.91. The summed E-state index contributed by atoms with van der Waals surface area (Å²) in [5, 5.41) is 9.87. The molecule has 25 heavy (non-hydrogen) atoms. The van der Waals surface area contributed by atoms with Crippen LogP contribution in [-0.2, 0) is 20.7 Å². The van der Waals surface area contributed by atoms with E-state index >= 15 is 0 Å². The molecule has 2 atom stereocenters. The van der Waals surface area contributed by atoms with Gasteiger partial charge in [-0.05, 0) is 31.0 Å². The van der Waals surface area contributed by atoms with E-state index < -0.39 is 29.2 Å². The number of esters is 1. The molecule has 1 heterocycles. The number of ether oxygens (including phenoxy) is 1. The molecule has 0 bridgehead atoms. The number of ketones is 1. The van der Waals surface area contributed by atoms with Crippen LogP contribution in [0.1, 0.15) is 36.3 Å². The molecule has 2 N–H and O–H groups in total. The average molecular weight is 343 g/mol. The van der Waals surface area contributed by atoms with Gasteiger partial charge in [0.05, 0.1) is 11.8 Å². The van der Waals surface area contributed by atoms with Gasteiger partial charge in [0.2, 0.25) is 11.2 Å². The van der Waals surface area contributed by atoms with E-state index in [1.807, 2.05) is 6.92 Å². The summed E-state index contributed by atoms with van der Waals surface area (Å²) in [5.41, 5.74) is -1.72. The SMILES string of the molecule is CCC(C)OC(=O)C(Cc1ccccc1)(C(=O)O)C(=O)c1ccc[nH]1. The Morgan fingerprint density at radius 1 is 1.16 bits per heavy atom. The van der Waals surface area contributed by atoms with Crippen molar-refractivity contribution in [1.82, 2.24) is 4.98 Å². The third-order valence-corrected chi connectivity index (χ3v) is 4.14. The Hall–Kier alpha value is -2.89. The number of carbonyl (C=O) groups is 3. The van der Waals surface area contributed by atoms with Crippen molar-refractivity contribution in [2.75, 3.05) is 0 Å². The first-order chi connectivity index (χ1) is 11.9. The van der Waals surface area contributed by atoms with Gasteiger partial charge in [0.25, 0.3) is 0 Å². The Morgan fingerprint density at radius 2 is 1.84 bits per heavy atom. The van der Waals surface area contributed by atoms with E-state index in [0.717, 1.165) is 0 Å². The zero-order chi connectivity index (χ0) is 18.4. The van der Waals surface area contributed by atoms with Crippen LogP contribution in [0.25, 0.3) is 0 Å². The Balaban J connectivity index is 2.52. The standard InChI is InChI=1S/C19H21NO5/c1-3-13(2)25-18(24)19(17(22)23,12-14-8-5-4-6-9-14)16(21)15-10-7-11-20-15/h4-11,13,20H,3,12H2,1-2H3,(H,22,23). The zero-order valence-corrected chi connectivity index (χ0v) is 14.2. The van der Waals surface area contributed by atoms with E-state index in [4.69, 9.17) is 4.74 Å². The third-order valence-electron chi connectivity index (χ3n) is 4.14. The molecule has 2 rings (SSSR count). The van der Waals surface area contributed by atoms with Crippen LogP contribution in [-0.4, -0.2) is 33.9 Å². The topological polar surface area (TPSA) is 96.5 Å². The van der Waals surface area contributed by atoms with E-state index in [-0.39, 0.29) is 12.1 Å². The third kappa shape index (κ3) is 3.79. The molecular formula is C19H21NO5. The van der Waals surface area contributed by atoms with Crippen molar-refractivity contribution in [3.8, 4) is 0 Å². The summed E-state index contributed by atoms with van der Waals surface area (Å²) in [7, 11) is 0. The van der Waals surface area contributed by atoms with Gasteiger partial charge in [-0.2, -0.15) is 0 Å². The molecule has 0 spiro atoms. The van der Waals surface area contributed by atoms with Gasteiger partial charge >= 0.3 is 11.9 Å². The summed E-state index contributed by atoms with van der Waals surface area (Å²) >= 11 is 0. The van der Waals surface area contributed by atoms with E-state index in [9.17, 15) is 19.5 Å². The highest BCUT2D eigenvalue weighted by Crippen LogP contribution is 2.31. The average Bonchev–Trinajstić information content (AvgIpc) is 3.14. The molecule has 1 aromatic carbocycles. The van der Waals surface area contributed by atoms with Crippen LogP contribution in [0.4, 0.5) is 0 Å². The highest BCUT2D eigenvalue weighted by atomic mass is 16.5. The lowest BCUT2D eigenvalue weighted by Gasteiger charge is -2.27. The zero-order valence-electron chi connectivity index (χ0n) is 14.2. The van der Waals surface area contributed by atoms with E-state index in [0.29, 0.717) is 12.0 Å². The van der Waals surface area contributed by atoms with Gasteiger partial charge in [0.1, 0.15) is 0 Å². The molecule has 0 aliphatic rings. The van der Waals surface area contributed by atoms with Crippen molar-refractivity contribution in [3.05, 3.63) is 59.9 Å². The Kier molecular flexibility index (Phi) is 5.75. The van der Waals surface area contributed by atoms with E-state index in [1.165, 1.54) is 12.3 Å². The fourth-order valence-electron chi connectivity index (χ4n) is 2.48. The first-order valence-corrected chi connectivity index (χ1v) is 8.08. The molecule has 2 unspecified atom stereocenters. The van der Waals surface area contributed by atoms with Crippen molar-refractivity contribution >= 4 is 17.7 Å². The molecule has 2 aromatic rings. The summed E-state index contributed by atoms with van der Waals surface area (Å²) in [5.74, 6) is -3.38. The molecule has 0 aliphatic carbocycles. The molecule has 132 valence electrons. The number of carboxylic acid groups (broad SMARTS) is 1. The number of aromatic amines is 1. The number of carbonyl (C=O) groups excluding carboxylic acids is 2. The predicted molar refractivity (Wildman–Crippen MR) is 91.2 cm³/mol. The fraction of sp³-hybridized carbons (Fsp3) is 0.316. The predicted octanol–water partition coefficient (Wildman–Crippen LogP) is 2.85. The van der Waals surface area contributed by atoms with Crippen LogP contribution in [0.15, 0.2) is 48.7 Å². The second kappa shape index (κ2) is 7.79. The Bertz CT molecular complexity index is 738.